The third kappa shape index (κ3) is 5.01. The fraction of sp³-hybridized carbons (Fsp3) is 0. The van der Waals surface area contributed by atoms with Crippen LogP contribution in [0, 0.1) is 0 Å². The summed E-state index contributed by atoms with van der Waals surface area (Å²) in [5.41, 5.74) is 12.2. The molecular weight excluding hydrogens is 639 g/mol. The van der Waals surface area contributed by atoms with Gasteiger partial charge in [0.15, 0.2) is 0 Å². The minimum absolute atomic E-state index is 0.871. The molecule has 0 aliphatic heterocycles. The van der Waals surface area contributed by atoms with Gasteiger partial charge in [0.05, 0.1) is 11.1 Å². The normalized spacial score (nSPS) is 11.5. The second-order valence-corrected chi connectivity index (χ2v) is 13.9. The highest BCUT2D eigenvalue weighted by molar-refractivity contribution is 7.26. The SMILES string of the molecule is c1ccc(-c2ccc(N(c3ccc(-c4cccc5c4sc4ccccc45)cc3)c3cccc4oc5ccccc5c34)cc2-c2ccccc2)cc1. The Morgan fingerprint density at radius 2 is 1.00 bits per heavy atom. The van der Waals surface area contributed by atoms with Crippen molar-refractivity contribution in [2.24, 2.45) is 0 Å². The van der Waals surface area contributed by atoms with Crippen LogP contribution in [-0.2, 0) is 0 Å². The third-order valence-electron chi connectivity index (χ3n) is 9.89. The summed E-state index contributed by atoms with van der Waals surface area (Å²) in [6, 6.07) is 67.4. The number of anilines is 3. The second kappa shape index (κ2) is 12.2. The fourth-order valence-corrected chi connectivity index (χ4v) is 8.77. The Hall–Kier alpha value is -6.42. The van der Waals surface area contributed by atoms with E-state index in [2.05, 4.69) is 187 Å². The fourth-order valence-electron chi connectivity index (χ4n) is 7.53. The van der Waals surface area contributed by atoms with Gasteiger partial charge in [-0.1, -0.05) is 140 Å². The lowest BCUT2D eigenvalue weighted by Gasteiger charge is -2.27. The Bertz CT molecular complexity index is 2850. The summed E-state index contributed by atoms with van der Waals surface area (Å²) < 4.78 is 9.04. The average Bonchev–Trinajstić information content (AvgIpc) is 3.78. The van der Waals surface area contributed by atoms with Crippen LogP contribution >= 0.6 is 11.3 Å². The van der Waals surface area contributed by atoms with Crippen LogP contribution in [0.1, 0.15) is 0 Å². The van der Waals surface area contributed by atoms with E-state index in [1.165, 1.54) is 53.6 Å². The average molecular weight is 670 g/mol. The van der Waals surface area contributed by atoms with E-state index < -0.39 is 0 Å². The summed E-state index contributed by atoms with van der Waals surface area (Å²) >= 11 is 1.87. The van der Waals surface area contributed by atoms with Gasteiger partial charge in [0.1, 0.15) is 11.2 Å². The number of hydrogen-bond acceptors (Lipinski definition) is 3. The van der Waals surface area contributed by atoms with Crippen LogP contribution in [0.2, 0.25) is 0 Å². The van der Waals surface area contributed by atoms with Crippen LogP contribution in [-0.4, -0.2) is 0 Å². The zero-order chi connectivity index (χ0) is 33.7. The molecule has 0 unspecified atom stereocenters. The maximum absolute atomic E-state index is 6.40. The zero-order valence-corrected chi connectivity index (χ0v) is 28.5. The smallest absolute Gasteiger partial charge is 0.137 e. The van der Waals surface area contributed by atoms with Gasteiger partial charge < -0.3 is 9.32 Å². The van der Waals surface area contributed by atoms with E-state index in [1.54, 1.807) is 0 Å². The first-order valence-corrected chi connectivity index (χ1v) is 18.1. The second-order valence-electron chi connectivity index (χ2n) is 12.9. The summed E-state index contributed by atoms with van der Waals surface area (Å²) in [5.74, 6) is 0. The Morgan fingerprint density at radius 3 is 1.80 bits per heavy atom. The standard InChI is InChI=1S/C48H31NOS/c1-3-13-32(14-4-1)37-30-29-36(31-42(37)33-15-5-2-6-16-33)49(43-21-12-23-45-47(43)41-18-7-9-22-44(41)50-45)35-27-25-34(26-28-35)38-19-11-20-40-39-17-8-10-24-46(39)51-48(38)40/h1-31H. The number of thiophene rings is 1. The van der Waals surface area contributed by atoms with Gasteiger partial charge >= 0.3 is 0 Å². The third-order valence-corrected chi connectivity index (χ3v) is 11.1. The van der Waals surface area contributed by atoms with E-state index in [4.69, 9.17) is 4.42 Å². The molecule has 2 heterocycles. The topological polar surface area (TPSA) is 16.4 Å². The Morgan fingerprint density at radius 1 is 0.392 bits per heavy atom. The largest absolute Gasteiger partial charge is 0.456 e. The first kappa shape index (κ1) is 29.5. The lowest BCUT2D eigenvalue weighted by Crippen LogP contribution is -2.10. The predicted octanol–water partition coefficient (Wildman–Crippen LogP) is 14.4. The summed E-state index contributed by atoms with van der Waals surface area (Å²) in [7, 11) is 0. The van der Waals surface area contributed by atoms with Crippen molar-refractivity contribution in [1.82, 2.24) is 0 Å². The van der Waals surface area contributed by atoms with E-state index >= 15 is 0 Å². The highest BCUT2D eigenvalue weighted by atomic mass is 32.1. The molecule has 0 fully saturated rings. The van der Waals surface area contributed by atoms with Crippen LogP contribution in [0.5, 0.6) is 0 Å². The van der Waals surface area contributed by atoms with Gasteiger partial charge in [-0.05, 0) is 81.9 Å². The molecule has 0 saturated heterocycles. The van der Waals surface area contributed by atoms with E-state index in [9.17, 15) is 0 Å². The van der Waals surface area contributed by atoms with Crippen LogP contribution in [0.4, 0.5) is 17.1 Å². The maximum Gasteiger partial charge on any atom is 0.137 e. The lowest BCUT2D eigenvalue weighted by molar-refractivity contribution is 0.669. The zero-order valence-electron chi connectivity index (χ0n) is 27.7. The van der Waals surface area contributed by atoms with E-state index in [0.717, 1.165) is 39.0 Å². The summed E-state index contributed by atoms with van der Waals surface area (Å²) in [4.78, 5) is 2.38. The number of fused-ring (bicyclic) bond motifs is 6. The van der Waals surface area contributed by atoms with Crippen molar-refractivity contribution in [3.63, 3.8) is 0 Å². The van der Waals surface area contributed by atoms with Gasteiger partial charge in [-0.2, -0.15) is 0 Å². The molecule has 3 heteroatoms. The van der Waals surface area contributed by atoms with Crippen LogP contribution in [0.3, 0.4) is 0 Å². The van der Waals surface area contributed by atoms with Gasteiger partial charge in [0, 0.05) is 36.9 Å². The molecule has 0 spiro atoms. The minimum atomic E-state index is 0.871. The number of rotatable bonds is 6. The summed E-state index contributed by atoms with van der Waals surface area (Å²) in [6.07, 6.45) is 0. The van der Waals surface area contributed by atoms with Crippen LogP contribution in [0.15, 0.2) is 192 Å². The molecule has 0 amide bonds. The van der Waals surface area contributed by atoms with Crippen molar-refractivity contribution in [1.29, 1.82) is 0 Å². The number of furan rings is 1. The Balaban J connectivity index is 1.18. The Kier molecular flexibility index (Phi) is 7.04. The highest BCUT2D eigenvalue weighted by Crippen LogP contribution is 2.46. The van der Waals surface area contributed by atoms with Crippen molar-refractivity contribution in [2.75, 3.05) is 4.90 Å². The highest BCUT2D eigenvalue weighted by Gasteiger charge is 2.21. The molecule has 2 nitrogen and oxygen atoms in total. The molecule has 2 aromatic heterocycles. The van der Waals surface area contributed by atoms with Gasteiger partial charge in [-0.15, -0.1) is 11.3 Å². The molecule has 0 atom stereocenters. The van der Waals surface area contributed by atoms with E-state index in [-0.39, 0.29) is 0 Å². The molecule has 0 N–H and O–H groups in total. The molecule has 0 radical (unpaired) electrons. The maximum atomic E-state index is 6.40. The van der Waals surface area contributed by atoms with Gasteiger partial charge in [-0.25, -0.2) is 0 Å². The van der Waals surface area contributed by atoms with Crippen molar-refractivity contribution >= 4 is 70.5 Å². The quantitative estimate of drug-likeness (QED) is 0.175. The molecular formula is C48H31NOS. The number of para-hydroxylation sites is 1. The van der Waals surface area contributed by atoms with Crippen LogP contribution < -0.4 is 4.90 Å². The van der Waals surface area contributed by atoms with E-state index in [0.29, 0.717) is 0 Å². The lowest BCUT2D eigenvalue weighted by atomic mass is 9.93. The number of nitrogens with zero attached hydrogens (tertiary/aromatic N) is 1. The van der Waals surface area contributed by atoms with Crippen molar-refractivity contribution in [3.05, 3.63) is 188 Å². The number of benzene rings is 8. The van der Waals surface area contributed by atoms with E-state index in [1.807, 2.05) is 17.4 Å². The monoisotopic (exact) mass is 669 g/mol. The molecule has 0 aliphatic rings. The molecule has 51 heavy (non-hydrogen) atoms. The number of hydrogen-bond donors (Lipinski definition) is 0. The van der Waals surface area contributed by atoms with Gasteiger partial charge in [0.25, 0.3) is 0 Å². The molecule has 10 rings (SSSR count). The Labute approximate surface area is 300 Å². The minimum Gasteiger partial charge on any atom is -0.456 e. The van der Waals surface area contributed by atoms with Crippen molar-refractivity contribution in [3.8, 4) is 33.4 Å². The molecule has 0 saturated carbocycles. The molecule has 0 aliphatic carbocycles. The van der Waals surface area contributed by atoms with Gasteiger partial charge in [0.2, 0.25) is 0 Å². The molecule has 10 aromatic rings. The van der Waals surface area contributed by atoms with Crippen molar-refractivity contribution in [2.45, 2.75) is 0 Å². The predicted molar refractivity (Wildman–Crippen MR) is 218 cm³/mol. The summed E-state index contributed by atoms with van der Waals surface area (Å²) in [5, 5.41) is 4.82. The molecule has 8 aromatic carbocycles. The van der Waals surface area contributed by atoms with Crippen LogP contribution in [0.25, 0.3) is 75.5 Å². The van der Waals surface area contributed by atoms with Gasteiger partial charge in [-0.3, -0.25) is 0 Å². The first-order valence-electron chi connectivity index (χ1n) is 17.3. The van der Waals surface area contributed by atoms with Crippen molar-refractivity contribution < 1.29 is 4.42 Å². The molecule has 240 valence electrons. The molecule has 0 bridgehead atoms. The first-order chi connectivity index (χ1) is 25.3. The summed E-state index contributed by atoms with van der Waals surface area (Å²) in [6.45, 7) is 0.